The van der Waals surface area contributed by atoms with Crippen molar-refractivity contribution in [2.75, 3.05) is 13.7 Å². The third-order valence-corrected chi connectivity index (χ3v) is 3.81. The van der Waals surface area contributed by atoms with Gasteiger partial charge in [-0.1, -0.05) is 36.4 Å². The highest BCUT2D eigenvalue weighted by atomic mass is 16.5. The van der Waals surface area contributed by atoms with Crippen LogP contribution in [0.1, 0.15) is 29.5 Å². The fourth-order valence-electron chi connectivity index (χ4n) is 2.54. The van der Waals surface area contributed by atoms with Crippen LogP contribution in [0.15, 0.2) is 48.5 Å². The van der Waals surface area contributed by atoms with E-state index in [0.717, 1.165) is 37.9 Å². The summed E-state index contributed by atoms with van der Waals surface area (Å²) < 4.78 is 5.19. The predicted octanol–water partition coefficient (Wildman–Crippen LogP) is 3.80. The number of aliphatic hydroxyl groups is 1. The predicted molar refractivity (Wildman–Crippen MR) is 86.9 cm³/mol. The summed E-state index contributed by atoms with van der Waals surface area (Å²) in [5.41, 5.74) is 4.17. The van der Waals surface area contributed by atoms with Gasteiger partial charge in [0.2, 0.25) is 0 Å². The first-order valence-corrected chi connectivity index (χ1v) is 7.64. The van der Waals surface area contributed by atoms with Gasteiger partial charge in [0, 0.05) is 6.61 Å². The number of hydrogen-bond donors (Lipinski definition) is 1. The Labute approximate surface area is 127 Å². The summed E-state index contributed by atoms with van der Waals surface area (Å²) in [5, 5.41) is 8.90. The number of aryl methyl sites for hydroxylation is 3. The second kappa shape index (κ2) is 8.48. The van der Waals surface area contributed by atoms with Crippen molar-refractivity contribution >= 4 is 0 Å². The Balaban J connectivity index is 1.95. The second-order valence-corrected chi connectivity index (χ2v) is 5.30. The quantitative estimate of drug-likeness (QED) is 0.747. The fourth-order valence-corrected chi connectivity index (χ4v) is 2.54. The first kappa shape index (κ1) is 15.6. The molecule has 0 aliphatic heterocycles. The van der Waals surface area contributed by atoms with E-state index in [1.807, 2.05) is 12.1 Å². The Kier molecular flexibility index (Phi) is 6.29. The van der Waals surface area contributed by atoms with Gasteiger partial charge in [0.1, 0.15) is 5.75 Å². The lowest BCUT2D eigenvalue weighted by atomic mass is 9.96. The summed E-state index contributed by atoms with van der Waals surface area (Å²) in [6.45, 7) is 0.286. The van der Waals surface area contributed by atoms with Crippen molar-refractivity contribution in [2.24, 2.45) is 0 Å². The van der Waals surface area contributed by atoms with Gasteiger partial charge in [-0.25, -0.2) is 0 Å². The van der Waals surface area contributed by atoms with Gasteiger partial charge in [-0.3, -0.25) is 0 Å². The first-order chi connectivity index (χ1) is 10.3. The van der Waals surface area contributed by atoms with Crippen molar-refractivity contribution in [2.45, 2.75) is 32.1 Å². The third-order valence-electron chi connectivity index (χ3n) is 3.81. The van der Waals surface area contributed by atoms with Crippen LogP contribution in [-0.2, 0) is 19.3 Å². The molecule has 0 spiro atoms. The van der Waals surface area contributed by atoms with Gasteiger partial charge in [0.25, 0.3) is 0 Å². The molecule has 0 aromatic heterocycles. The lowest BCUT2D eigenvalue weighted by Crippen LogP contribution is -1.98. The van der Waals surface area contributed by atoms with E-state index in [1.54, 1.807) is 7.11 Å². The molecule has 2 aromatic carbocycles. The van der Waals surface area contributed by atoms with E-state index in [0.29, 0.717) is 0 Å². The van der Waals surface area contributed by atoms with Crippen LogP contribution in [0.5, 0.6) is 5.75 Å². The van der Waals surface area contributed by atoms with Crippen molar-refractivity contribution in [1.82, 2.24) is 0 Å². The standard InChI is InChI=1S/C19H24O2/c1-21-19-13-10-16(11-14-19)9-12-18-7-3-2-6-17(18)8-4-5-15-20/h2-3,6-7,10-11,13-14,20H,4-5,8-9,12,15H2,1H3. The highest BCUT2D eigenvalue weighted by Gasteiger charge is 2.03. The van der Waals surface area contributed by atoms with E-state index in [-0.39, 0.29) is 6.61 Å². The Morgan fingerprint density at radius 2 is 1.48 bits per heavy atom. The summed E-state index contributed by atoms with van der Waals surface area (Å²) in [7, 11) is 1.69. The number of rotatable bonds is 8. The van der Waals surface area contributed by atoms with Crippen LogP contribution < -0.4 is 4.74 Å². The van der Waals surface area contributed by atoms with Crippen LogP contribution in [0.4, 0.5) is 0 Å². The summed E-state index contributed by atoms with van der Waals surface area (Å²) in [5.74, 6) is 0.906. The normalized spacial score (nSPS) is 10.6. The summed E-state index contributed by atoms with van der Waals surface area (Å²) in [4.78, 5) is 0. The second-order valence-electron chi connectivity index (χ2n) is 5.30. The van der Waals surface area contributed by atoms with Gasteiger partial charge >= 0.3 is 0 Å². The van der Waals surface area contributed by atoms with Crippen LogP contribution in [0.3, 0.4) is 0 Å². The minimum atomic E-state index is 0.286. The van der Waals surface area contributed by atoms with Gasteiger partial charge < -0.3 is 9.84 Å². The number of ether oxygens (including phenoxy) is 1. The topological polar surface area (TPSA) is 29.5 Å². The smallest absolute Gasteiger partial charge is 0.118 e. The third kappa shape index (κ3) is 4.91. The molecular weight excluding hydrogens is 260 g/mol. The molecule has 0 heterocycles. The Hall–Kier alpha value is -1.80. The lowest BCUT2D eigenvalue weighted by molar-refractivity contribution is 0.284. The van der Waals surface area contributed by atoms with Crippen LogP contribution in [0.25, 0.3) is 0 Å². The van der Waals surface area contributed by atoms with Crippen molar-refractivity contribution < 1.29 is 9.84 Å². The van der Waals surface area contributed by atoms with E-state index in [2.05, 4.69) is 36.4 Å². The molecule has 2 aromatic rings. The molecular formula is C19H24O2. The largest absolute Gasteiger partial charge is 0.497 e. The number of unbranched alkanes of at least 4 members (excludes halogenated alkanes) is 1. The first-order valence-electron chi connectivity index (χ1n) is 7.64. The molecule has 21 heavy (non-hydrogen) atoms. The van der Waals surface area contributed by atoms with Crippen molar-refractivity contribution in [1.29, 1.82) is 0 Å². The molecule has 0 saturated carbocycles. The lowest BCUT2D eigenvalue weighted by Gasteiger charge is -2.09. The van der Waals surface area contributed by atoms with Crippen molar-refractivity contribution in [3.8, 4) is 5.75 Å². The van der Waals surface area contributed by atoms with E-state index in [1.165, 1.54) is 16.7 Å². The van der Waals surface area contributed by atoms with Gasteiger partial charge in [0.05, 0.1) is 7.11 Å². The molecule has 0 saturated heterocycles. The zero-order valence-corrected chi connectivity index (χ0v) is 12.7. The number of benzene rings is 2. The molecule has 2 rings (SSSR count). The van der Waals surface area contributed by atoms with E-state index >= 15 is 0 Å². The van der Waals surface area contributed by atoms with Gasteiger partial charge in [-0.2, -0.15) is 0 Å². The maximum atomic E-state index is 8.90. The molecule has 0 amide bonds. The number of hydrogen-bond acceptors (Lipinski definition) is 2. The highest BCUT2D eigenvalue weighted by molar-refractivity contribution is 5.31. The monoisotopic (exact) mass is 284 g/mol. The SMILES string of the molecule is COc1ccc(CCc2ccccc2CCCCO)cc1. The Bertz CT molecular complexity index is 532. The minimum absolute atomic E-state index is 0.286. The molecule has 0 atom stereocenters. The summed E-state index contributed by atoms with van der Waals surface area (Å²) in [6, 6.07) is 16.9. The van der Waals surface area contributed by atoms with E-state index in [9.17, 15) is 0 Å². The molecule has 112 valence electrons. The van der Waals surface area contributed by atoms with Crippen LogP contribution in [-0.4, -0.2) is 18.8 Å². The number of methoxy groups -OCH3 is 1. The van der Waals surface area contributed by atoms with E-state index in [4.69, 9.17) is 9.84 Å². The minimum Gasteiger partial charge on any atom is -0.497 e. The van der Waals surface area contributed by atoms with Gasteiger partial charge in [0.15, 0.2) is 0 Å². The zero-order valence-electron chi connectivity index (χ0n) is 12.7. The van der Waals surface area contributed by atoms with E-state index < -0.39 is 0 Å². The molecule has 1 N–H and O–H groups in total. The summed E-state index contributed by atoms with van der Waals surface area (Å²) >= 11 is 0. The fraction of sp³-hybridized carbons (Fsp3) is 0.368. The summed E-state index contributed by atoms with van der Waals surface area (Å²) in [6.07, 6.45) is 5.09. The van der Waals surface area contributed by atoms with Crippen molar-refractivity contribution in [3.05, 3.63) is 65.2 Å². The Morgan fingerprint density at radius 1 is 0.810 bits per heavy atom. The van der Waals surface area contributed by atoms with Crippen LogP contribution >= 0.6 is 0 Å². The molecule has 0 aliphatic rings. The zero-order chi connectivity index (χ0) is 14.9. The van der Waals surface area contributed by atoms with Crippen LogP contribution in [0.2, 0.25) is 0 Å². The Morgan fingerprint density at radius 3 is 2.10 bits per heavy atom. The van der Waals surface area contributed by atoms with Crippen LogP contribution in [0, 0.1) is 0 Å². The molecule has 0 bridgehead atoms. The molecule has 0 radical (unpaired) electrons. The molecule has 0 unspecified atom stereocenters. The molecule has 0 fully saturated rings. The highest BCUT2D eigenvalue weighted by Crippen LogP contribution is 2.17. The van der Waals surface area contributed by atoms with Crippen molar-refractivity contribution in [3.63, 3.8) is 0 Å². The average molecular weight is 284 g/mol. The van der Waals surface area contributed by atoms with Gasteiger partial charge in [-0.15, -0.1) is 0 Å². The molecule has 2 nitrogen and oxygen atoms in total. The maximum absolute atomic E-state index is 8.90. The molecule has 2 heteroatoms. The maximum Gasteiger partial charge on any atom is 0.118 e. The number of aliphatic hydroxyl groups excluding tert-OH is 1. The average Bonchev–Trinajstić information content (AvgIpc) is 2.54. The molecule has 0 aliphatic carbocycles. The van der Waals surface area contributed by atoms with Gasteiger partial charge in [-0.05, 0) is 60.9 Å².